The first-order chi connectivity index (χ1) is 12.8. The Kier molecular flexibility index (Phi) is 5.63. The molecule has 0 radical (unpaired) electrons. The van der Waals surface area contributed by atoms with Gasteiger partial charge >= 0.3 is 0 Å². The van der Waals surface area contributed by atoms with Gasteiger partial charge in [0, 0.05) is 44.1 Å². The molecule has 6 nitrogen and oxygen atoms in total. The number of likely N-dealkylation sites (tertiary alicyclic amines) is 1. The third-order valence-electron chi connectivity index (χ3n) is 5.52. The predicted molar refractivity (Wildman–Crippen MR) is 107 cm³/mol. The molecule has 1 fully saturated rings. The number of hydrogen-bond acceptors (Lipinski definition) is 3. The fourth-order valence-electron chi connectivity index (χ4n) is 3.94. The Morgan fingerprint density at radius 2 is 1.93 bits per heavy atom. The Morgan fingerprint density at radius 1 is 1.22 bits per heavy atom. The molecule has 0 saturated carbocycles. The van der Waals surface area contributed by atoms with Gasteiger partial charge in [0.2, 0.25) is 10.0 Å². The molecule has 27 heavy (non-hydrogen) atoms. The van der Waals surface area contributed by atoms with Crippen molar-refractivity contribution in [1.82, 2.24) is 13.8 Å². The number of amides is 1. The second kappa shape index (κ2) is 7.64. The zero-order valence-electron chi connectivity index (χ0n) is 16.6. The van der Waals surface area contributed by atoms with Crippen LogP contribution >= 0.6 is 0 Å². The normalized spacial score (nSPS) is 18.4. The first kappa shape index (κ1) is 19.9. The predicted octanol–water partition coefficient (Wildman–Crippen LogP) is 3.08. The van der Waals surface area contributed by atoms with Crippen molar-refractivity contribution in [3.8, 4) is 0 Å². The van der Waals surface area contributed by atoms with Crippen LogP contribution in [-0.4, -0.2) is 54.3 Å². The molecule has 148 valence electrons. The molecule has 1 aliphatic rings. The molecule has 0 spiro atoms. The molecule has 0 N–H and O–H groups in total. The van der Waals surface area contributed by atoms with Crippen LogP contribution in [0.3, 0.4) is 0 Å². The van der Waals surface area contributed by atoms with Crippen LogP contribution in [0.2, 0.25) is 0 Å². The zero-order chi connectivity index (χ0) is 19.8. The highest BCUT2D eigenvalue weighted by Gasteiger charge is 2.26. The van der Waals surface area contributed by atoms with E-state index in [1.807, 2.05) is 36.4 Å². The summed E-state index contributed by atoms with van der Waals surface area (Å²) in [6.45, 7) is 8.27. The summed E-state index contributed by atoms with van der Waals surface area (Å²) in [6, 6.07) is 6.92. The zero-order valence-corrected chi connectivity index (χ0v) is 17.4. The van der Waals surface area contributed by atoms with Crippen molar-refractivity contribution in [2.75, 3.05) is 26.2 Å². The number of aryl methyl sites for hydroxylation is 1. The molecule has 2 aromatic rings. The van der Waals surface area contributed by atoms with Gasteiger partial charge in [0.1, 0.15) is 5.69 Å². The number of carbonyl (C=O) groups is 1. The fraction of sp³-hybridized carbons (Fsp3) is 0.550. The summed E-state index contributed by atoms with van der Waals surface area (Å²) in [5.41, 5.74) is 1.47. The van der Waals surface area contributed by atoms with Crippen LogP contribution in [0.4, 0.5) is 0 Å². The molecule has 0 bridgehead atoms. The molecule has 1 aromatic heterocycles. The van der Waals surface area contributed by atoms with Gasteiger partial charge in [0.15, 0.2) is 0 Å². The smallest absolute Gasteiger partial charge is 0.270 e. The van der Waals surface area contributed by atoms with Gasteiger partial charge in [-0.15, -0.1) is 0 Å². The van der Waals surface area contributed by atoms with Crippen LogP contribution < -0.4 is 0 Å². The molecule has 7 heteroatoms. The first-order valence-electron chi connectivity index (χ1n) is 9.68. The number of carbonyl (C=O) groups excluding carboxylic acids is 1. The molecule has 1 amide bonds. The maximum Gasteiger partial charge on any atom is 0.270 e. The summed E-state index contributed by atoms with van der Waals surface area (Å²) >= 11 is 0. The monoisotopic (exact) mass is 391 g/mol. The van der Waals surface area contributed by atoms with E-state index >= 15 is 0 Å². The van der Waals surface area contributed by atoms with Gasteiger partial charge in [-0.2, -0.15) is 4.31 Å². The number of fused-ring (bicyclic) bond motifs is 1. The van der Waals surface area contributed by atoms with Crippen molar-refractivity contribution in [2.24, 2.45) is 13.0 Å². The van der Waals surface area contributed by atoms with E-state index in [0.29, 0.717) is 24.7 Å². The lowest BCUT2D eigenvalue weighted by Gasteiger charge is -2.31. The van der Waals surface area contributed by atoms with Crippen molar-refractivity contribution >= 4 is 26.8 Å². The Balaban J connectivity index is 1.99. The maximum absolute atomic E-state index is 13.0. The van der Waals surface area contributed by atoms with E-state index in [1.54, 1.807) is 18.2 Å². The van der Waals surface area contributed by atoms with E-state index < -0.39 is 10.0 Å². The average molecular weight is 392 g/mol. The minimum Gasteiger partial charge on any atom is -0.340 e. The number of sulfonamides is 1. The Hall–Kier alpha value is -1.86. The van der Waals surface area contributed by atoms with Crippen LogP contribution in [-0.2, 0) is 17.1 Å². The summed E-state index contributed by atoms with van der Waals surface area (Å²) in [5, 5.41) is 0.777. The number of benzene rings is 1. The summed E-state index contributed by atoms with van der Waals surface area (Å²) in [6.07, 6.45) is 2.19. The van der Waals surface area contributed by atoms with Crippen LogP contribution in [0.5, 0.6) is 0 Å². The number of hydrogen-bond donors (Lipinski definition) is 0. The van der Waals surface area contributed by atoms with E-state index in [9.17, 15) is 13.2 Å². The van der Waals surface area contributed by atoms with Gasteiger partial charge in [-0.05, 0) is 43.0 Å². The van der Waals surface area contributed by atoms with Gasteiger partial charge in [-0.3, -0.25) is 4.79 Å². The number of rotatable bonds is 5. The minimum atomic E-state index is -3.52. The molecule has 1 atom stereocenters. The lowest BCUT2D eigenvalue weighted by atomic mass is 10.00. The standard InChI is InChI=1S/C20H29N3O3S/c1-5-23(6-2)27(25,26)17-9-10-18-16(12-17)13-19(21(18)4)20(24)22-11-7-8-15(3)14-22/h9-10,12-13,15H,5-8,11,14H2,1-4H3. The summed E-state index contributed by atoms with van der Waals surface area (Å²) in [7, 11) is -1.65. The van der Waals surface area contributed by atoms with E-state index in [-0.39, 0.29) is 10.8 Å². The largest absolute Gasteiger partial charge is 0.340 e. The highest BCUT2D eigenvalue weighted by atomic mass is 32.2. The fourth-order valence-corrected chi connectivity index (χ4v) is 5.44. The molecule has 2 heterocycles. The Morgan fingerprint density at radius 3 is 2.56 bits per heavy atom. The molecule has 1 unspecified atom stereocenters. The van der Waals surface area contributed by atoms with Crippen LogP contribution in [0.25, 0.3) is 10.9 Å². The first-order valence-corrected chi connectivity index (χ1v) is 11.1. The molecule has 3 rings (SSSR count). The van der Waals surface area contributed by atoms with Crippen molar-refractivity contribution in [2.45, 2.75) is 38.5 Å². The second-order valence-corrected chi connectivity index (χ2v) is 9.34. The summed E-state index contributed by atoms with van der Waals surface area (Å²) in [5.74, 6) is 0.539. The SMILES string of the molecule is CCN(CC)S(=O)(=O)c1ccc2c(c1)cc(C(=O)N1CCCC(C)C1)n2C. The molecule has 1 aromatic carbocycles. The lowest BCUT2D eigenvalue weighted by Crippen LogP contribution is -2.39. The molecule has 1 saturated heterocycles. The van der Waals surface area contributed by atoms with Crippen LogP contribution in [0.1, 0.15) is 44.1 Å². The van der Waals surface area contributed by atoms with Gasteiger partial charge in [-0.25, -0.2) is 8.42 Å². The van der Waals surface area contributed by atoms with Gasteiger partial charge < -0.3 is 9.47 Å². The van der Waals surface area contributed by atoms with Gasteiger partial charge in [0.05, 0.1) is 4.90 Å². The van der Waals surface area contributed by atoms with E-state index in [2.05, 4.69) is 6.92 Å². The van der Waals surface area contributed by atoms with E-state index in [4.69, 9.17) is 0 Å². The lowest BCUT2D eigenvalue weighted by molar-refractivity contribution is 0.0674. The maximum atomic E-state index is 13.0. The van der Waals surface area contributed by atoms with Crippen LogP contribution in [0.15, 0.2) is 29.2 Å². The number of aromatic nitrogens is 1. The third kappa shape index (κ3) is 3.62. The van der Waals surface area contributed by atoms with Crippen molar-refractivity contribution in [3.05, 3.63) is 30.0 Å². The highest BCUT2D eigenvalue weighted by Crippen LogP contribution is 2.26. The summed E-state index contributed by atoms with van der Waals surface area (Å²) < 4.78 is 28.9. The van der Waals surface area contributed by atoms with Gasteiger partial charge in [-0.1, -0.05) is 20.8 Å². The molecular formula is C20H29N3O3S. The average Bonchev–Trinajstić information content (AvgIpc) is 2.98. The Bertz CT molecular complexity index is 945. The minimum absolute atomic E-state index is 0.0217. The van der Waals surface area contributed by atoms with Crippen molar-refractivity contribution in [3.63, 3.8) is 0 Å². The third-order valence-corrected chi connectivity index (χ3v) is 7.57. The molecule has 1 aliphatic heterocycles. The van der Waals surface area contributed by atoms with Gasteiger partial charge in [0.25, 0.3) is 5.91 Å². The molecule has 0 aliphatic carbocycles. The quantitative estimate of drug-likeness (QED) is 0.787. The topological polar surface area (TPSA) is 62.6 Å². The van der Waals surface area contributed by atoms with Crippen molar-refractivity contribution < 1.29 is 13.2 Å². The molecular weight excluding hydrogens is 362 g/mol. The number of nitrogens with zero attached hydrogens (tertiary/aromatic N) is 3. The van der Waals surface area contributed by atoms with Crippen molar-refractivity contribution in [1.29, 1.82) is 0 Å². The van der Waals surface area contributed by atoms with Crippen LogP contribution in [0, 0.1) is 5.92 Å². The van der Waals surface area contributed by atoms with E-state index in [0.717, 1.165) is 36.8 Å². The van der Waals surface area contributed by atoms with E-state index in [1.165, 1.54) is 4.31 Å². The summed E-state index contributed by atoms with van der Waals surface area (Å²) in [4.78, 5) is 15.2. The second-order valence-electron chi connectivity index (χ2n) is 7.40. The Labute approximate surface area is 161 Å². The highest BCUT2D eigenvalue weighted by molar-refractivity contribution is 7.89. The number of piperidine rings is 1.